The third-order valence-electron chi connectivity index (χ3n) is 3.12. The van der Waals surface area contributed by atoms with Gasteiger partial charge in [0.1, 0.15) is 5.82 Å². The zero-order valence-corrected chi connectivity index (χ0v) is 11.6. The van der Waals surface area contributed by atoms with Crippen LogP contribution in [0.1, 0.15) is 37.8 Å². The quantitative estimate of drug-likeness (QED) is 0.815. The Bertz CT molecular complexity index is 428. The second-order valence-corrected chi connectivity index (χ2v) is 5.24. The van der Waals surface area contributed by atoms with Crippen molar-refractivity contribution < 1.29 is 4.39 Å². The number of rotatable bonds is 4. The second-order valence-electron chi connectivity index (χ2n) is 4.33. The summed E-state index contributed by atoms with van der Waals surface area (Å²) in [7, 11) is 0. The molecule has 1 aliphatic rings. The van der Waals surface area contributed by atoms with E-state index in [1.165, 1.54) is 18.1 Å². The Hall–Kier alpha value is -0.670. The van der Waals surface area contributed by atoms with Crippen LogP contribution in [0.15, 0.2) is 34.3 Å². The van der Waals surface area contributed by atoms with Gasteiger partial charge in [0.05, 0.1) is 6.04 Å². The molecule has 0 aromatic heterocycles. The highest BCUT2D eigenvalue weighted by Crippen LogP contribution is 2.33. The summed E-state index contributed by atoms with van der Waals surface area (Å²) in [5.41, 5.74) is 2.07. The standard InChI is InChI=1S/C14H17BrFN/c1-2-17-14(10-5-3-4-6-10)12-9-11(15)7-8-13(12)16/h5,7-9,14,17H,2-4,6H2,1H3. The van der Waals surface area contributed by atoms with E-state index in [2.05, 4.69) is 34.2 Å². The van der Waals surface area contributed by atoms with Crippen molar-refractivity contribution in [3.8, 4) is 0 Å². The van der Waals surface area contributed by atoms with Crippen LogP contribution in [0, 0.1) is 5.82 Å². The summed E-state index contributed by atoms with van der Waals surface area (Å²) in [6.07, 6.45) is 5.62. The Balaban J connectivity index is 2.34. The maximum absolute atomic E-state index is 13.9. The molecule has 1 aromatic carbocycles. The van der Waals surface area contributed by atoms with Gasteiger partial charge in [-0.25, -0.2) is 4.39 Å². The molecule has 1 aromatic rings. The summed E-state index contributed by atoms with van der Waals surface area (Å²) < 4.78 is 14.8. The van der Waals surface area contributed by atoms with Gasteiger partial charge in [-0.15, -0.1) is 0 Å². The van der Waals surface area contributed by atoms with Crippen LogP contribution in [0.2, 0.25) is 0 Å². The molecule has 0 saturated heterocycles. The zero-order valence-electron chi connectivity index (χ0n) is 9.97. The minimum atomic E-state index is -0.132. The van der Waals surface area contributed by atoms with E-state index >= 15 is 0 Å². The first-order valence-corrected chi connectivity index (χ1v) is 6.89. The van der Waals surface area contributed by atoms with Crippen LogP contribution in [0.3, 0.4) is 0 Å². The summed E-state index contributed by atoms with van der Waals surface area (Å²) in [6.45, 7) is 2.90. The molecule has 0 radical (unpaired) electrons. The van der Waals surface area contributed by atoms with Gasteiger partial charge >= 0.3 is 0 Å². The predicted molar refractivity (Wildman–Crippen MR) is 72.5 cm³/mol. The molecule has 0 fully saturated rings. The van der Waals surface area contributed by atoms with Crippen LogP contribution in [0.5, 0.6) is 0 Å². The topological polar surface area (TPSA) is 12.0 Å². The van der Waals surface area contributed by atoms with Crippen molar-refractivity contribution in [2.24, 2.45) is 0 Å². The van der Waals surface area contributed by atoms with Gasteiger partial charge in [0.25, 0.3) is 0 Å². The number of benzene rings is 1. The molecule has 0 bridgehead atoms. The van der Waals surface area contributed by atoms with E-state index in [0.29, 0.717) is 0 Å². The van der Waals surface area contributed by atoms with E-state index in [4.69, 9.17) is 0 Å². The van der Waals surface area contributed by atoms with Crippen molar-refractivity contribution >= 4 is 15.9 Å². The first-order chi connectivity index (χ1) is 8.22. The molecule has 17 heavy (non-hydrogen) atoms. The lowest BCUT2D eigenvalue weighted by Gasteiger charge is -2.21. The van der Waals surface area contributed by atoms with Crippen molar-refractivity contribution in [3.63, 3.8) is 0 Å². The molecule has 0 heterocycles. The summed E-state index contributed by atoms with van der Waals surface area (Å²) in [5, 5.41) is 3.38. The van der Waals surface area contributed by atoms with Crippen molar-refractivity contribution in [3.05, 3.63) is 45.7 Å². The molecule has 0 amide bonds. The number of likely N-dealkylation sites (N-methyl/N-ethyl adjacent to an activating group) is 1. The lowest BCUT2D eigenvalue weighted by atomic mass is 9.97. The maximum Gasteiger partial charge on any atom is 0.128 e. The number of hydrogen-bond acceptors (Lipinski definition) is 1. The van der Waals surface area contributed by atoms with E-state index in [9.17, 15) is 4.39 Å². The van der Waals surface area contributed by atoms with E-state index in [1.807, 2.05) is 6.07 Å². The molecule has 1 N–H and O–H groups in total. The lowest BCUT2D eigenvalue weighted by Crippen LogP contribution is -2.23. The van der Waals surface area contributed by atoms with Crippen LogP contribution >= 0.6 is 15.9 Å². The Kier molecular flexibility index (Phi) is 4.35. The Morgan fingerprint density at radius 2 is 2.29 bits per heavy atom. The Morgan fingerprint density at radius 1 is 1.47 bits per heavy atom. The largest absolute Gasteiger partial charge is 0.307 e. The number of hydrogen-bond donors (Lipinski definition) is 1. The smallest absolute Gasteiger partial charge is 0.128 e. The minimum absolute atomic E-state index is 0.0278. The van der Waals surface area contributed by atoms with Gasteiger partial charge in [0.2, 0.25) is 0 Å². The molecule has 2 rings (SSSR count). The van der Waals surface area contributed by atoms with Crippen LogP contribution < -0.4 is 5.32 Å². The van der Waals surface area contributed by atoms with Gasteiger partial charge in [-0.05, 0) is 44.0 Å². The van der Waals surface area contributed by atoms with Gasteiger partial charge < -0.3 is 5.32 Å². The minimum Gasteiger partial charge on any atom is -0.307 e. The predicted octanol–water partition coefficient (Wildman–Crippen LogP) is 4.35. The van der Waals surface area contributed by atoms with E-state index < -0.39 is 0 Å². The fourth-order valence-electron chi connectivity index (χ4n) is 2.34. The SMILES string of the molecule is CCNC(C1=CCCC1)c1cc(Br)ccc1F. The molecule has 1 atom stereocenters. The number of halogens is 2. The van der Waals surface area contributed by atoms with Crippen LogP contribution in [-0.2, 0) is 0 Å². The molecule has 92 valence electrons. The number of allylic oxidation sites excluding steroid dienone is 1. The highest BCUT2D eigenvalue weighted by Gasteiger charge is 2.21. The van der Waals surface area contributed by atoms with E-state index in [-0.39, 0.29) is 11.9 Å². The maximum atomic E-state index is 13.9. The fraction of sp³-hybridized carbons (Fsp3) is 0.429. The Labute approximate surface area is 110 Å². The van der Waals surface area contributed by atoms with Gasteiger partial charge in [-0.2, -0.15) is 0 Å². The third kappa shape index (κ3) is 2.96. The van der Waals surface area contributed by atoms with Crippen LogP contribution in [0.25, 0.3) is 0 Å². The highest BCUT2D eigenvalue weighted by atomic mass is 79.9. The van der Waals surface area contributed by atoms with Crippen LogP contribution in [-0.4, -0.2) is 6.54 Å². The summed E-state index contributed by atoms with van der Waals surface area (Å²) in [6, 6.07) is 5.17. The molecule has 0 aliphatic heterocycles. The van der Waals surface area contributed by atoms with Gasteiger partial charge in [-0.3, -0.25) is 0 Å². The van der Waals surface area contributed by atoms with Crippen molar-refractivity contribution in [2.45, 2.75) is 32.2 Å². The zero-order chi connectivity index (χ0) is 12.3. The van der Waals surface area contributed by atoms with Crippen molar-refractivity contribution in [2.75, 3.05) is 6.54 Å². The van der Waals surface area contributed by atoms with Gasteiger partial charge in [-0.1, -0.05) is 34.5 Å². The molecule has 0 spiro atoms. The van der Waals surface area contributed by atoms with Gasteiger partial charge in [0, 0.05) is 10.0 Å². The first kappa shape index (κ1) is 12.8. The monoisotopic (exact) mass is 297 g/mol. The van der Waals surface area contributed by atoms with Crippen LogP contribution in [0.4, 0.5) is 4.39 Å². The highest BCUT2D eigenvalue weighted by molar-refractivity contribution is 9.10. The van der Waals surface area contributed by atoms with Crippen molar-refractivity contribution in [1.82, 2.24) is 5.32 Å². The van der Waals surface area contributed by atoms with Crippen molar-refractivity contribution in [1.29, 1.82) is 0 Å². The van der Waals surface area contributed by atoms with Gasteiger partial charge in [0.15, 0.2) is 0 Å². The first-order valence-electron chi connectivity index (χ1n) is 6.09. The molecule has 1 aliphatic carbocycles. The molecule has 0 saturated carbocycles. The van der Waals surface area contributed by atoms with E-state index in [0.717, 1.165) is 29.4 Å². The normalized spacial score (nSPS) is 17.0. The molecule has 3 heteroatoms. The Morgan fingerprint density at radius 3 is 2.94 bits per heavy atom. The molecular weight excluding hydrogens is 281 g/mol. The third-order valence-corrected chi connectivity index (χ3v) is 3.62. The molecule has 1 unspecified atom stereocenters. The summed E-state index contributed by atoms with van der Waals surface area (Å²) in [5.74, 6) is -0.132. The summed E-state index contributed by atoms with van der Waals surface area (Å²) >= 11 is 3.41. The fourth-order valence-corrected chi connectivity index (χ4v) is 2.72. The van der Waals surface area contributed by atoms with E-state index in [1.54, 1.807) is 6.07 Å². The number of nitrogens with one attached hydrogen (secondary N) is 1. The molecular formula is C14H17BrFN. The average molecular weight is 298 g/mol. The average Bonchev–Trinajstić information content (AvgIpc) is 2.83. The summed E-state index contributed by atoms with van der Waals surface area (Å²) in [4.78, 5) is 0. The molecule has 1 nitrogen and oxygen atoms in total. The lowest BCUT2D eigenvalue weighted by molar-refractivity contribution is 0.547. The second kappa shape index (κ2) is 5.78.